The van der Waals surface area contributed by atoms with Crippen LogP contribution in [0.3, 0.4) is 0 Å². The molecule has 0 aliphatic carbocycles. The summed E-state index contributed by atoms with van der Waals surface area (Å²) >= 11 is 0. The number of carbonyl (C=O) groups excluding carboxylic acids is 1. The van der Waals surface area contributed by atoms with Gasteiger partial charge in [0.15, 0.2) is 0 Å². The number of nitrogens with zero attached hydrogens (tertiary/aromatic N) is 1. The first-order chi connectivity index (χ1) is 6.24. The van der Waals surface area contributed by atoms with Gasteiger partial charge in [0.05, 0.1) is 7.11 Å². The maximum Gasteiger partial charge on any atom is 0.331 e. The van der Waals surface area contributed by atoms with Crippen molar-refractivity contribution in [2.75, 3.05) is 20.2 Å². The highest BCUT2D eigenvalue weighted by molar-refractivity contribution is 5.81. The third-order valence-electron chi connectivity index (χ3n) is 1.35. The van der Waals surface area contributed by atoms with Gasteiger partial charge in [-0.15, -0.1) is 13.2 Å². The van der Waals surface area contributed by atoms with E-state index in [2.05, 4.69) is 17.9 Å². The SMILES string of the molecule is C=CCN(C=CC(=O)OC)CC=C. The van der Waals surface area contributed by atoms with E-state index in [1.807, 2.05) is 4.90 Å². The van der Waals surface area contributed by atoms with Crippen LogP contribution in [0, 0.1) is 0 Å². The first-order valence-corrected chi connectivity index (χ1v) is 3.96. The zero-order valence-corrected chi connectivity index (χ0v) is 7.90. The number of ether oxygens (including phenoxy) is 1. The second kappa shape index (κ2) is 7.16. The average Bonchev–Trinajstić information content (AvgIpc) is 2.14. The van der Waals surface area contributed by atoms with Crippen molar-refractivity contribution in [3.8, 4) is 0 Å². The molecule has 0 rings (SSSR count). The van der Waals surface area contributed by atoms with Gasteiger partial charge in [0, 0.05) is 25.4 Å². The van der Waals surface area contributed by atoms with Crippen LogP contribution in [0.2, 0.25) is 0 Å². The molecule has 0 aliphatic heterocycles. The van der Waals surface area contributed by atoms with Crippen molar-refractivity contribution in [1.29, 1.82) is 0 Å². The summed E-state index contributed by atoms with van der Waals surface area (Å²) < 4.78 is 4.45. The Bertz CT molecular complexity index is 199. The highest BCUT2D eigenvalue weighted by atomic mass is 16.5. The van der Waals surface area contributed by atoms with E-state index in [9.17, 15) is 4.79 Å². The summed E-state index contributed by atoms with van der Waals surface area (Å²) in [5.74, 6) is -0.363. The van der Waals surface area contributed by atoms with Crippen LogP contribution >= 0.6 is 0 Å². The average molecular weight is 181 g/mol. The first kappa shape index (κ1) is 11.5. The predicted octanol–water partition coefficient (Wildman–Crippen LogP) is 1.35. The van der Waals surface area contributed by atoms with Gasteiger partial charge in [-0.05, 0) is 0 Å². The van der Waals surface area contributed by atoms with E-state index in [1.54, 1.807) is 18.4 Å². The zero-order chi connectivity index (χ0) is 10.1. The van der Waals surface area contributed by atoms with E-state index in [0.717, 1.165) is 0 Å². The van der Waals surface area contributed by atoms with Crippen molar-refractivity contribution in [1.82, 2.24) is 4.90 Å². The molecular formula is C10H15NO2. The van der Waals surface area contributed by atoms with Gasteiger partial charge in [0.25, 0.3) is 0 Å². The first-order valence-electron chi connectivity index (χ1n) is 3.96. The summed E-state index contributed by atoms with van der Waals surface area (Å²) in [6.07, 6.45) is 6.54. The van der Waals surface area contributed by atoms with Crippen molar-refractivity contribution >= 4 is 5.97 Å². The predicted molar refractivity (Wildman–Crippen MR) is 53.1 cm³/mol. The topological polar surface area (TPSA) is 29.5 Å². The molecule has 72 valence electrons. The molecule has 0 aromatic carbocycles. The lowest BCUT2D eigenvalue weighted by Gasteiger charge is -2.14. The maximum absolute atomic E-state index is 10.7. The monoisotopic (exact) mass is 181 g/mol. The van der Waals surface area contributed by atoms with Crippen LogP contribution in [0.25, 0.3) is 0 Å². The lowest BCUT2D eigenvalue weighted by molar-refractivity contribution is -0.134. The third kappa shape index (κ3) is 5.73. The molecule has 3 heteroatoms. The minimum absolute atomic E-state index is 0.363. The second-order valence-electron chi connectivity index (χ2n) is 2.37. The van der Waals surface area contributed by atoms with E-state index in [4.69, 9.17) is 0 Å². The Morgan fingerprint density at radius 2 is 1.92 bits per heavy atom. The Morgan fingerprint density at radius 1 is 1.38 bits per heavy atom. The summed E-state index contributed by atoms with van der Waals surface area (Å²) in [5, 5.41) is 0. The molecule has 0 N–H and O–H groups in total. The molecule has 0 amide bonds. The molecule has 0 unspecified atom stereocenters. The molecule has 0 aromatic rings. The van der Waals surface area contributed by atoms with Gasteiger partial charge >= 0.3 is 5.97 Å². The minimum atomic E-state index is -0.363. The molecular weight excluding hydrogens is 166 g/mol. The number of carbonyl (C=O) groups is 1. The number of hydrogen-bond acceptors (Lipinski definition) is 3. The van der Waals surface area contributed by atoms with Crippen LogP contribution in [0.1, 0.15) is 0 Å². The van der Waals surface area contributed by atoms with Crippen LogP contribution in [-0.4, -0.2) is 31.1 Å². The normalized spacial score (nSPS) is 9.62. The molecule has 13 heavy (non-hydrogen) atoms. The molecule has 0 saturated heterocycles. The van der Waals surface area contributed by atoms with Crippen molar-refractivity contribution in [3.63, 3.8) is 0 Å². The fourth-order valence-corrected chi connectivity index (χ4v) is 0.762. The second-order valence-corrected chi connectivity index (χ2v) is 2.37. The summed E-state index contributed by atoms with van der Waals surface area (Å²) in [5.41, 5.74) is 0. The lowest BCUT2D eigenvalue weighted by atomic mass is 10.4. The Balaban J connectivity index is 4.05. The number of rotatable bonds is 6. The number of esters is 1. The molecule has 0 heterocycles. The molecule has 0 bridgehead atoms. The van der Waals surface area contributed by atoms with Crippen molar-refractivity contribution in [2.45, 2.75) is 0 Å². The van der Waals surface area contributed by atoms with Crippen LogP contribution in [0.5, 0.6) is 0 Å². The lowest BCUT2D eigenvalue weighted by Crippen LogP contribution is -2.17. The number of methoxy groups -OCH3 is 1. The largest absolute Gasteiger partial charge is 0.466 e. The van der Waals surface area contributed by atoms with Gasteiger partial charge in [-0.2, -0.15) is 0 Å². The Morgan fingerprint density at radius 3 is 2.31 bits per heavy atom. The maximum atomic E-state index is 10.7. The van der Waals surface area contributed by atoms with Crippen LogP contribution in [0.15, 0.2) is 37.6 Å². The standard InChI is InChI=1S/C10H15NO2/c1-4-7-11(8-5-2)9-6-10(12)13-3/h4-6,9H,1-2,7-8H2,3H3. The van der Waals surface area contributed by atoms with Gasteiger partial charge in [-0.1, -0.05) is 12.2 Å². The highest BCUT2D eigenvalue weighted by Crippen LogP contribution is 1.91. The smallest absolute Gasteiger partial charge is 0.331 e. The molecule has 0 atom stereocenters. The van der Waals surface area contributed by atoms with Crippen molar-refractivity contribution < 1.29 is 9.53 Å². The van der Waals surface area contributed by atoms with Gasteiger partial charge in [-0.3, -0.25) is 0 Å². The van der Waals surface area contributed by atoms with E-state index in [0.29, 0.717) is 13.1 Å². The zero-order valence-electron chi connectivity index (χ0n) is 7.90. The van der Waals surface area contributed by atoms with Gasteiger partial charge < -0.3 is 9.64 Å². The number of hydrogen-bond donors (Lipinski definition) is 0. The molecule has 3 nitrogen and oxygen atoms in total. The Labute approximate surface area is 79.0 Å². The quantitative estimate of drug-likeness (QED) is 0.352. The van der Waals surface area contributed by atoms with Gasteiger partial charge in [0.1, 0.15) is 0 Å². The van der Waals surface area contributed by atoms with Crippen molar-refractivity contribution in [2.24, 2.45) is 0 Å². The Hall–Kier alpha value is -1.51. The molecule has 0 fully saturated rings. The molecule has 0 radical (unpaired) electrons. The van der Waals surface area contributed by atoms with Gasteiger partial charge in [-0.25, -0.2) is 4.79 Å². The van der Waals surface area contributed by atoms with E-state index in [-0.39, 0.29) is 5.97 Å². The molecule has 0 spiro atoms. The Kier molecular flexibility index (Phi) is 6.32. The summed E-state index contributed by atoms with van der Waals surface area (Å²) in [7, 11) is 1.35. The van der Waals surface area contributed by atoms with Crippen molar-refractivity contribution in [3.05, 3.63) is 37.6 Å². The minimum Gasteiger partial charge on any atom is -0.466 e. The van der Waals surface area contributed by atoms with E-state index < -0.39 is 0 Å². The van der Waals surface area contributed by atoms with Gasteiger partial charge in [0.2, 0.25) is 0 Å². The van der Waals surface area contributed by atoms with Crippen LogP contribution in [0.4, 0.5) is 0 Å². The van der Waals surface area contributed by atoms with Crippen LogP contribution in [-0.2, 0) is 9.53 Å². The molecule has 0 aliphatic rings. The molecule has 0 aromatic heterocycles. The fourth-order valence-electron chi connectivity index (χ4n) is 0.762. The highest BCUT2D eigenvalue weighted by Gasteiger charge is 1.95. The third-order valence-corrected chi connectivity index (χ3v) is 1.35. The summed E-state index contributed by atoms with van der Waals surface area (Å²) in [4.78, 5) is 12.6. The van der Waals surface area contributed by atoms with E-state index in [1.165, 1.54) is 13.2 Å². The summed E-state index contributed by atoms with van der Waals surface area (Å²) in [6, 6.07) is 0. The van der Waals surface area contributed by atoms with E-state index >= 15 is 0 Å². The summed E-state index contributed by atoms with van der Waals surface area (Å²) in [6.45, 7) is 8.57. The fraction of sp³-hybridized carbons (Fsp3) is 0.300. The van der Waals surface area contributed by atoms with Crippen LogP contribution < -0.4 is 0 Å². The molecule has 0 saturated carbocycles.